The number of carbonyl (C=O) groups excluding carboxylic acids is 1. The molecule has 0 spiro atoms. The van der Waals surface area contributed by atoms with Gasteiger partial charge in [0.15, 0.2) is 0 Å². The van der Waals surface area contributed by atoms with Gasteiger partial charge in [0.1, 0.15) is 0 Å². The molecule has 0 aromatic heterocycles. The standard InChI is InChI=1S/C17H28BrNO/c18-8-9-19(16-4-2-1-3-5-16)17(20)12-15-11-13-6-7-14(15)10-13/h13-16H,1-12H2. The van der Waals surface area contributed by atoms with Crippen LogP contribution in [0, 0.1) is 17.8 Å². The molecule has 0 aliphatic heterocycles. The number of carbonyl (C=O) groups is 1. The van der Waals surface area contributed by atoms with Crippen molar-refractivity contribution in [2.75, 3.05) is 11.9 Å². The van der Waals surface area contributed by atoms with E-state index in [9.17, 15) is 4.79 Å². The van der Waals surface area contributed by atoms with Gasteiger partial charge in [0, 0.05) is 24.3 Å². The minimum absolute atomic E-state index is 0.453. The van der Waals surface area contributed by atoms with Crippen molar-refractivity contribution >= 4 is 21.8 Å². The minimum atomic E-state index is 0.453. The molecule has 20 heavy (non-hydrogen) atoms. The highest BCUT2D eigenvalue weighted by molar-refractivity contribution is 9.09. The molecule has 0 radical (unpaired) electrons. The van der Waals surface area contributed by atoms with Gasteiger partial charge in [-0.05, 0) is 49.9 Å². The molecule has 0 heterocycles. The van der Waals surface area contributed by atoms with Crippen LogP contribution in [0.1, 0.15) is 64.2 Å². The summed E-state index contributed by atoms with van der Waals surface area (Å²) in [5, 5.41) is 0.923. The first-order valence-corrected chi connectivity index (χ1v) is 9.75. The number of nitrogens with zero attached hydrogens (tertiary/aromatic N) is 1. The lowest BCUT2D eigenvalue weighted by Gasteiger charge is -2.35. The molecule has 0 aromatic carbocycles. The van der Waals surface area contributed by atoms with Crippen molar-refractivity contribution in [3.63, 3.8) is 0 Å². The monoisotopic (exact) mass is 341 g/mol. The van der Waals surface area contributed by atoms with E-state index in [1.54, 1.807) is 0 Å². The fraction of sp³-hybridized carbons (Fsp3) is 0.941. The number of amides is 1. The van der Waals surface area contributed by atoms with Crippen LogP contribution in [0.4, 0.5) is 0 Å². The van der Waals surface area contributed by atoms with Gasteiger partial charge in [-0.2, -0.15) is 0 Å². The maximum Gasteiger partial charge on any atom is 0.223 e. The number of hydrogen-bond donors (Lipinski definition) is 0. The molecule has 3 aliphatic carbocycles. The van der Waals surface area contributed by atoms with Gasteiger partial charge in [0.25, 0.3) is 0 Å². The van der Waals surface area contributed by atoms with E-state index in [1.807, 2.05) is 0 Å². The molecule has 3 fully saturated rings. The van der Waals surface area contributed by atoms with Crippen LogP contribution in [0.2, 0.25) is 0 Å². The Morgan fingerprint density at radius 1 is 1.05 bits per heavy atom. The summed E-state index contributed by atoms with van der Waals surface area (Å²) in [7, 11) is 0. The average Bonchev–Trinajstić information content (AvgIpc) is 3.08. The zero-order chi connectivity index (χ0) is 13.9. The van der Waals surface area contributed by atoms with Gasteiger partial charge >= 0.3 is 0 Å². The van der Waals surface area contributed by atoms with Crippen LogP contribution in [-0.2, 0) is 4.79 Å². The maximum absolute atomic E-state index is 12.8. The van der Waals surface area contributed by atoms with Crippen molar-refractivity contribution < 1.29 is 4.79 Å². The van der Waals surface area contributed by atoms with E-state index in [4.69, 9.17) is 0 Å². The molecular formula is C17H28BrNO. The van der Waals surface area contributed by atoms with Gasteiger partial charge in [0.05, 0.1) is 0 Å². The van der Waals surface area contributed by atoms with E-state index in [2.05, 4.69) is 20.8 Å². The number of halogens is 1. The van der Waals surface area contributed by atoms with E-state index in [0.717, 1.165) is 30.1 Å². The highest BCUT2D eigenvalue weighted by Gasteiger charge is 2.41. The van der Waals surface area contributed by atoms with Crippen LogP contribution in [0.25, 0.3) is 0 Å². The van der Waals surface area contributed by atoms with Gasteiger partial charge in [-0.1, -0.05) is 41.6 Å². The molecule has 0 saturated heterocycles. The summed E-state index contributed by atoms with van der Waals surface area (Å²) in [6.07, 6.45) is 12.9. The van der Waals surface area contributed by atoms with Gasteiger partial charge < -0.3 is 4.90 Å². The van der Waals surface area contributed by atoms with Crippen molar-refractivity contribution in [1.82, 2.24) is 4.90 Å². The first-order valence-electron chi connectivity index (χ1n) is 8.63. The smallest absolute Gasteiger partial charge is 0.223 e. The van der Waals surface area contributed by atoms with Crippen molar-refractivity contribution in [2.24, 2.45) is 17.8 Å². The molecule has 0 N–H and O–H groups in total. The van der Waals surface area contributed by atoms with E-state index >= 15 is 0 Å². The van der Waals surface area contributed by atoms with E-state index in [1.165, 1.54) is 57.8 Å². The molecule has 1 amide bonds. The SMILES string of the molecule is O=C(CC1CC2CCC1C2)N(CCBr)C1CCCCC1. The Labute approximate surface area is 131 Å². The summed E-state index contributed by atoms with van der Waals surface area (Å²) in [5.74, 6) is 3.00. The van der Waals surface area contributed by atoms with Crippen molar-refractivity contribution in [3.05, 3.63) is 0 Å². The third-order valence-corrected chi connectivity index (χ3v) is 6.34. The molecule has 3 saturated carbocycles. The quantitative estimate of drug-likeness (QED) is 0.680. The van der Waals surface area contributed by atoms with Gasteiger partial charge in [-0.15, -0.1) is 0 Å². The highest BCUT2D eigenvalue weighted by atomic mass is 79.9. The topological polar surface area (TPSA) is 20.3 Å². The first-order chi connectivity index (χ1) is 9.78. The Hall–Kier alpha value is -0.0500. The molecule has 3 rings (SSSR count). The number of fused-ring (bicyclic) bond motifs is 2. The second-order valence-corrected chi connectivity index (χ2v) is 8.00. The van der Waals surface area contributed by atoms with Gasteiger partial charge in [-0.3, -0.25) is 4.79 Å². The van der Waals surface area contributed by atoms with Crippen LogP contribution < -0.4 is 0 Å². The van der Waals surface area contributed by atoms with Gasteiger partial charge in [0.2, 0.25) is 5.91 Å². The Kier molecular flexibility index (Phi) is 5.06. The third kappa shape index (κ3) is 3.23. The van der Waals surface area contributed by atoms with Crippen LogP contribution in [0.5, 0.6) is 0 Å². The van der Waals surface area contributed by atoms with Crippen molar-refractivity contribution in [3.8, 4) is 0 Å². The second kappa shape index (κ2) is 6.81. The molecule has 3 aliphatic rings. The Morgan fingerprint density at radius 2 is 1.85 bits per heavy atom. The fourth-order valence-corrected chi connectivity index (χ4v) is 5.34. The van der Waals surface area contributed by atoms with Crippen LogP contribution >= 0.6 is 15.9 Å². The normalized spacial score (nSPS) is 33.5. The molecule has 2 bridgehead atoms. The largest absolute Gasteiger partial charge is 0.339 e. The van der Waals surface area contributed by atoms with Crippen molar-refractivity contribution in [1.29, 1.82) is 0 Å². The Bertz CT molecular complexity index is 340. The summed E-state index contributed by atoms with van der Waals surface area (Å²) in [6.45, 7) is 0.907. The molecule has 3 atom stereocenters. The molecule has 3 unspecified atom stereocenters. The number of rotatable bonds is 5. The lowest BCUT2D eigenvalue weighted by atomic mass is 9.85. The van der Waals surface area contributed by atoms with E-state index in [-0.39, 0.29) is 0 Å². The predicted octanol–water partition coefficient (Wildman–Crippen LogP) is 4.37. The molecule has 114 valence electrons. The summed E-state index contributed by atoms with van der Waals surface area (Å²) in [5.41, 5.74) is 0. The zero-order valence-corrected chi connectivity index (χ0v) is 14.1. The van der Waals surface area contributed by atoms with Crippen LogP contribution in [0.3, 0.4) is 0 Å². The van der Waals surface area contributed by atoms with E-state index in [0.29, 0.717) is 17.9 Å². The third-order valence-electron chi connectivity index (χ3n) is 5.98. The zero-order valence-electron chi connectivity index (χ0n) is 12.5. The second-order valence-electron chi connectivity index (χ2n) is 7.21. The Balaban J connectivity index is 1.57. The fourth-order valence-electron chi connectivity index (χ4n) is 4.96. The van der Waals surface area contributed by atoms with E-state index < -0.39 is 0 Å². The maximum atomic E-state index is 12.8. The minimum Gasteiger partial charge on any atom is -0.339 e. The summed E-state index contributed by atoms with van der Waals surface area (Å²) < 4.78 is 0. The average molecular weight is 342 g/mol. The highest BCUT2D eigenvalue weighted by Crippen LogP contribution is 2.49. The summed E-state index contributed by atoms with van der Waals surface area (Å²) >= 11 is 3.54. The number of alkyl halides is 1. The number of hydrogen-bond acceptors (Lipinski definition) is 1. The van der Waals surface area contributed by atoms with Crippen LogP contribution in [0.15, 0.2) is 0 Å². The van der Waals surface area contributed by atoms with Gasteiger partial charge in [-0.25, -0.2) is 0 Å². The summed E-state index contributed by atoms with van der Waals surface area (Å²) in [6, 6.07) is 0.535. The molecule has 3 heteroatoms. The lowest BCUT2D eigenvalue weighted by Crippen LogP contribution is -2.43. The Morgan fingerprint density at radius 3 is 2.45 bits per heavy atom. The predicted molar refractivity (Wildman–Crippen MR) is 85.9 cm³/mol. The summed E-state index contributed by atoms with van der Waals surface area (Å²) in [4.78, 5) is 15.0. The van der Waals surface area contributed by atoms with Crippen LogP contribution in [-0.4, -0.2) is 28.7 Å². The lowest BCUT2D eigenvalue weighted by molar-refractivity contribution is -0.135. The van der Waals surface area contributed by atoms with Crippen molar-refractivity contribution in [2.45, 2.75) is 70.3 Å². The molecule has 2 nitrogen and oxygen atoms in total. The first kappa shape index (κ1) is 14.9. The molecule has 0 aromatic rings. The molecular weight excluding hydrogens is 314 g/mol.